The van der Waals surface area contributed by atoms with Gasteiger partial charge in [0, 0.05) is 6.92 Å². The summed E-state index contributed by atoms with van der Waals surface area (Å²) in [6, 6.07) is 6.49. The lowest BCUT2D eigenvalue weighted by molar-refractivity contribution is 0.101. The maximum absolute atomic E-state index is 12.2. The van der Waals surface area contributed by atoms with Crippen molar-refractivity contribution in [3.8, 4) is 0 Å². The van der Waals surface area contributed by atoms with Crippen molar-refractivity contribution in [1.29, 1.82) is 0 Å². The van der Waals surface area contributed by atoms with Crippen LogP contribution in [0.4, 0.5) is 0 Å². The number of hydrogen-bond acceptors (Lipinski definition) is 4. The second-order valence-corrected chi connectivity index (χ2v) is 5.81. The van der Waals surface area contributed by atoms with Crippen LogP contribution in [-0.2, 0) is 10.0 Å². The van der Waals surface area contributed by atoms with E-state index in [9.17, 15) is 13.2 Å². The molecule has 0 N–H and O–H groups in total. The van der Waals surface area contributed by atoms with Crippen LogP contribution in [-0.4, -0.2) is 23.2 Å². The number of imidazole rings is 1. The summed E-state index contributed by atoms with van der Waals surface area (Å²) < 4.78 is 25.3. The van der Waals surface area contributed by atoms with Crippen LogP contribution in [0.3, 0.4) is 0 Å². The van der Waals surface area contributed by atoms with Gasteiger partial charge in [-0.15, -0.1) is 0 Å². The minimum Gasteiger partial charge on any atom is -0.293 e. The van der Waals surface area contributed by atoms with E-state index in [2.05, 4.69) is 4.98 Å². The third kappa shape index (κ3) is 2.19. The van der Waals surface area contributed by atoms with Crippen LogP contribution in [0, 0.1) is 6.92 Å². The molecule has 0 saturated carbocycles. The first-order valence-corrected chi connectivity index (χ1v) is 6.72. The van der Waals surface area contributed by atoms with Crippen LogP contribution in [0.15, 0.2) is 41.7 Å². The highest BCUT2D eigenvalue weighted by molar-refractivity contribution is 7.90. The van der Waals surface area contributed by atoms with E-state index >= 15 is 0 Å². The molecule has 0 aliphatic heterocycles. The first-order chi connectivity index (χ1) is 8.41. The van der Waals surface area contributed by atoms with Gasteiger partial charge in [0.2, 0.25) is 0 Å². The zero-order valence-electron chi connectivity index (χ0n) is 9.99. The minimum absolute atomic E-state index is 0.130. The maximum Gasteiger partial charge on any atom is 0.268 e. The summed E-state index contributed by atoms with van der Waals surface area (Å²) in [6.07, 6.45) is 2.35. The fraction of sp³-hybridized carbons (Fsp3) is 0.167. The number of aromatic nitrogens is 2. The number of carbonyl (C=O) groups excluding carboxylic acids is 1. The molecule has 6 heteroatoms. The molecule has 1 aromatic heterocycles. The van der Waals surface area contributed by atoms with E-state index in [-0.39, 0.29) is 16.4 Å². The van der Waals surface area contributed by atoms with E-state index in [1.807, 2.05) is 6.92 Å². The van der Waals surface area contributed by atoms with E-state index in [1.54, 1.807) is 12.1 Å². The normalized spacial score (nSPS) is 11.4. The highest BCUT2D eigenvalue weighted by Gasteiger charge is 2.17. The van der Waals surface area contributed by atoms with Crippen LogP contribution in [0.1, 0.15) is 23.0 Å². The van der Waals surface area contributed by atoms with Gasteiger partial charge in [-0.2, -0.15) is 0 Å². The van der Waals surface area contributed by atoms with E-state index in [0.29, 0.717) is 0 Å². The topological polar surface area (TPSA) is 69.0 Å². The lowest BCUT2D eigenvalue weighted by Gasteiger charge is -2.04. The van der Waals surface area contributed by atoms with Crippen molar-refractivity contribution < 1.29 is 13.2 Å². The molecule has 0 unspecified atom stereocenters. The van der Waals surface area contributed by atoms with Gasteiger partial charge < -0.3 is 0 Å². The quantitative estimate of drug-likeness (QED) is 0.790. The summed E-state index contributed by atoms with van der Waals surface area (Å²) in [7, 11) is -3.67. The predicted octanol–water partition coefficient (Wildman–Crippen LogP) is 1.63. The first kappa shape index (κ1) is 12.5. The Bertz CT molecular complexity index is 684. The molecule has 5 nitrogen and oxygen atoms in total. The number of carbonyl (C=O) groups is 1. The van der Waals surface area contributed by atoms with Gasteiger partial charge in [0.1, 0.15) is 12.0 Å². The SMILES string of the molecule is CC(=O)c1cn(S(=O)(=O)c2ccc(C)cc2)cn1. The summed E-state index contributed by atoms with van der Waals surface area (Å²) in [5, 5.41) is 0. The van der Waals surface area contributed by atoms with Crippen molar-refractivity contribution >= 4 is 15.8 Å². The van der Waals surface area contributed by atoms with Gasteiger partial charge in [-0.05, 0) is 19.1 Å². The number of Topliss-reactive ketones (excluding diaryl/α,β-unsaturated/α-hetero) is 1. The number of aryl methyl sites for hydroxylation is 1. The molecule has 0 spiro atoms. The Kier molecular flexibility index (Phi) is 3.04. The van der Waals surface area contributed by atoms with E-state index in [4.69, 9.17) is 0 Å². The van der Waals surface area contributed by atoms with Crippen LogP contribution in [0.25, 0.3) is 0 Å². The molecule has 0 aliphatic rings. The molecule has 2 aromatic rings. The second kappa shape index (κ2) is 4.38. The van der Waals surface area contributed by atoms with Gasteiger partial charge in [0.25, 0.3) is 10.0 Å². The summed E-state index contributed by atoms with van der Waals surface area (Å²) in [5.74, 6) is -0.271. The molecule has 0 aliphatic carbocycles. The molecular weight excluding hydrogens is 252 g/mol. The molecule has 0 bridgehead atoms. The van der Waals surface area contributed by atoms with E-state index < -0.39 is 10.0 Å². The smallest absolute Gasteiger partial charge is 0.268 e. The van der Waals surface area contributed by atoms with Crippen molar-refractivity contribution in [3.63, 3.8) is 0 Å². The molecule has 1 aromatic carbocycles. The maximum atomic E-state index is 12.2. The van der Waals surface area contributed by atoms with Crippen molar-refractivity contribution in [1.82, 2.24) is 8.96 Å². The van der Waals surface area contributed by atoms with Gasteiger partial charge in [0.05, 0.1) is 11.1 Å². The third-order valence-electron chi connectivity index (χ3n) is 2.52. The second-order valence-electron chi connectivity index (χ2n) is 3.96. The molecule has 2 rings (SSSR count). The van der Waals surface area contributed by atoms with Crippen LogP contribution in [0.2, 0.25) is 0 Å². The molecule has 94 valence electrons. The Labute approximate surface area is 105 Å². The highest BCUT2D eigenvalue weighted by Crippen LogP contribution is 2.14. The Morgan fingerprint density at radius 2 is 1.83 bits per heavy atom. The monoisotopic (exact) mass is 264 g/mol. The zero-order valence-corrected chi connectivity index (χ0v) is 10.8. The van der Waals surface area contributed by atoms with Gasteiger partial charge in [-0.1, -0.05) is 17.7 Å². The van der Waals surface area contributed by atoms with Crippen LogP contribution < -0.4 is 0 Å². The Hall–Kier alpha value is -1.95. The van der Waals surface area contributed by atoms with Crippen molar-refractivity contribution in [3.05, 3.63) is 48.0 Å². The average molecular weight is 264 g/mol. The Balaban J connectivity index is 2.47. The van der Waals surface area contributed by atoms with Crippen molar-refractivity contribution in [2.45, 2.75) is 18.7 Å². The number of nitrogens with zero attached hydrogens (tertiary/aromatic N) is 2. The molecule has 1 heterocycles. The van der Waals surface area contributed by atoms with E-state index in [0.717, 1.165) is 15.9 Å². The Morgan fingerprint density at radius 3 is 2.33 bits per heavy atom. The summed E-state index contributed by atoms with van der Waals surface area (Å²) in [5.41, 5.74) is 1.11. The fourth-order valence-electron chi connectivity index (χ4n) is 1.45. The molecule has 0 radical (unpaired) electrons. The summed E-state index contributed by atoms with van der Waals surface area (Å²) in [4.78, 5) is 15.0. The van der Waals surface area contributed by atoms with Gasteiger partial charge in [-0.3, -0.25) is 4.79 Å². The van der Waals surface area contributed by atoms with Gasteiger partial charge >= 0.3 is 0 Å². The highest BCUT2D eigenvalue weighted by atomic mass is 32.2. The fourth-order valence-corrected chi connectivity index (χ4v) is 2.58. The van der Waals surface area contributed by atoms with Gasteiger partial charge in [-0.25, -0.2) is 17.4 Å². The lowest BCUT2D eigenvalue weighted by atomic mass is 10.2. The summed E-state index contributed by atoms with van der Waals surface area (Å²) >= 11 is 0. The molecule has 0 atom stereocenters. The molecule has 18 heavy (non-hydrogen) atoms. The average Bonchev–Trinajstić information content (AvgIpc) is 2.79. The van der Waals surface area contributed by atoms with Crippen LogP contribution >= 0.6 is 0 Å². The Morgan fingerprint density at radius 1 is 1.22 bits per heavy atom. The predicted molar refractivity (Wildman–Crippen MR) is 66.0 cm³/mol. The van der Waals surface area contributed by atoms with Crippen molar-refractivity contribution in [2.24, 2.45) is 0 Å². The number of rotatable bonds is 3. The van der Waals surface area contributed by atoms with Crippen LogP contribution in [0.5, 0.6) is 0 Å². The molecule has 0 amide bonds. The number of benzene rings is 1. The molecular formula is C12H12N2O3S. The number of ketones is 1. The minimum atomic E-state index is -3.67. The van der Waals surface area contributed by atoms with Gasteiger partial charge in [0.15, 0.2) is 5.78 Å². The molecule has 0 fully saturated rings. The summed E-state index contributed by atoms with van der Waals surface area (Å²) in [6.45, 7) is 3.21. The van der Waals surface area contributed by atoms with Crippen molar-refractivity contribution in [2.75, 3.05) is 0 Å². The van der Waals surface area contributed by atoms with E-state index in [1.165, 1.54) is 25.3 Å². The lowest BCUT2D eigenvalue weighted by Crippen LogP contribution is -2.11. The largest absolute Gasteiger partial charge is 0.293 e. The number of hydrogen-bond donors (Lipinski definition) is 0. The standard InChI is InChI=1S/C12H12N2O3S/c1-9-3-5-11(6-4-9)18(16,17)14-7-12(10(2)15)13-8-14/h3-8H,1-2H3. The zero-order chi connectivity index (χ0) is 13.3. The molecule has 0 saturated heterocycles. The first-order valence-electron chi connectivity index (χ1n) is 5.28. The third-order valence-corrected chi connectivity index (χ3v) is 4.14.